The Labute approximate surface area is 72.6 Å². The zero-order valence-corrected chi connectivity index (χ0v) is 7.38. The van der Waals surface area contributed by atoms with Crippen molar-refractivity contribution in [2.24, 2.45) is 17.8 Å². The van der Waals surface area contributed by atoms with Crippen LogP contribution < -0.4 is 0 Å². The lowest BCUT2D eigenvalue weighted by Crippen LogP contribution is -2.31. The molecular formula is C10H14O2. The monoisotopic (exact) mass is 166 g/mol. The van der Waals surface area contributed by atoms with Crippen molar-refractivity contribution in [1.29, 1.82) is 0 Å². The molecular weight excluding hydrogens is 152 g/mol. The van der Waals surface area contributed by atoms with Gasteiger partial charge in [0.2, 0.25) is 0 Å². The standard InChI is InChI=1S/C10H14O2/c1-6-3-4-8-7(2)10(11)12-5-9(6)8/h6,8-9H,2-5H2,1H3/t6?,8-,9-/m1/s1. The van der Waals surface area contributed by atoms with Crippen LogP contribution in [0.25, 0.3) is 0 Å². The van der Waals surface area contributed by atoms with Crippen molar-refractivity contribution in [2.45, 2.75) is 19.8 Å². The first-order valence-electron chi connectivity index (χ1n) is 4.56. The van der Waals surface area contributed by atoms with Gasteiger partial charge < -0.3 is 4.74 Å². The van der Waals surface area contributed by atoms with Gasteiger partial charge in [0, 0.05) is 11.5 Å². The molecule has 0 N–H and O–H groups in total. The predicted molar refractivity (Wildman–Crippen MR) is 45.5 cm³/mol. The fraction of sp³-hybridized carbons (Fsp3) is 0.700. The predicted octanol–water partition coefficient (Wildman–Crippen LogP) is 1.76. The SMILES string of the molecule is C=C1C(=O)OC[C@@H]2C(C)CC[C@H]12. The molecule has 1 aliphatic carbocycles. The lowest BCUT2D eigenvalue weighted by atomic mass is 9.85. The highest BCUT2D eigenvalue weighted by molar-refractivity contribution is 5.89. The molecule has 3 atom stereocenters. The quantitative estimate of drug-likeness (QED) is 0.405. The molecule has 0 amide bonds. The second-order valence-electron chi connectivity index (χ2n) is 3.95. The first-order valence-corrected chi connectivity index (χ1v) is 4.56. The molecule has 1 aliphatic heterocycles. The number of ether oxygens (including phenoxy) is 1. The number of hydrogen-bond donors (Lipinski definition) is 0. The van der Waals surface area contributed by atoms with E-state index in [1.807, 2.05) is 0 Å². The second kappa shape index (κ2) is 2.61. The largest absolute Gasteiger partial charge is 0.462 e. The Morgan fingerprint density at radius 2 is 2.25 bits per heavy atom. The van der Waals surface area contributed by atoms with Crippen LogP contribution in [0.3, 0.4) is 0 Å². The van der Waals surface area contributed by atoms with E-state index >= 15 is 0 Å². The van der Waals surface area contributed by atoms with Crippen molar-refractivity contribution >= 4 is 5.97 Å². The van der Waals surface area contributed by atoms with E-state index in [1.54, 1.807) is 0 Å². The van der Waals surface area contributed by atoms with Crippen LogP contribution in [0, 0.1) is 17.8 Å². The number of carbonyl (C=O) groups excluding carboxylic acids is 1. The number of esters is 1. The highest BCUT2D eigenvalue weighted by Gasteiger charge is 2.41. The molecule has 0 aromatic carbocycles. The van der Waals surface area contributed by atoms with Gasteiger partial charge in [-0.25, -0.2) is 4.79 Å². The minimum atomic E-state index is -0.176. The molecule has 0 spiro atoms. The summed E-state index contributed by atoms with van der Waals surface area (Å²) in [6.07, 6.45) is 2.34. The molecule has 0 radical (unpaired) electrons. The Morgan fingerprint density at radius 3 is 3.00 bits per heavy atom. The third-order valence-electron chi connectivity index (χ3n) is 3.30. The summed E-state index contributed by atoms with van der Waals surface area (Å²) in [5.41, 5.74) is 0.704. The first kappa shape index (κ1) is 7.84. The third kappa shape index (κ3) is 0.977. The van der Waals surface area contributed by atoms with Crippen molar-refractivity contribution < 1.29 is 9.53 Å². The number of fused-ring (bicyclic) bond motifs is 1. The minimum Gasteiger partial charge on any atom is -0.462 e. The van der Waals surface area contributed by atoms with Gasteiger partial charge in [-0.15, -0.1) is 0 Å². The number of rotatable bonds is 0. The molecule has 2 rings (SSSR count). The van der Waals surface area contributed by atoms with Crippen LogP contribution in [0.2, 0.25) is 0 Å². The lowest BCUT2D eigenvalue weighted by molar-refractivity contribution is -0.145. The van der Waals surface area contributed by atoms with E-state index in [-0.39, 0.29) is 5.97 Å². The van der Waals surface area contributed by atoms with E-state index < -0.39 is 0 Å². The molecule has 1 unspecified atom stereocenters. The molecule has 0 aromatic heterocycles. The Kier molecular flexibility index (Phi) is 1.71. The summed E-state index contributed by atoms with van der Waals surface area (Å²) < 4.78 is 5.04. The number of hydrogen-bond acceptors (Lipinski definition) is 2. The third-order valence-corrected chi connectivity index (χ3v) is 3.30. The van der Waals surface area contributed by atoms with Crippen LogP contribution in [0.4, 0.5) is 0 Å². The van der Waals surface area contributed by atoms with E-state index in [4.69, 9.17) is 4.74 Å². The normalized spacial score (nSPS) is 40.9. The van der Waals surface area contributed by atoms with Gasteiger partial charge in [-0.3, -0.25) is 0 Å². The fourth-order valence-corrected chi connectivity index (χ4v) is 2.40. The molecule has 66 valence electrons. The Hall–Kier alpha value is -0.790. The van der Waals surface area contributed by atoms with Crippen LogP contribution in [0.1, 0.15) is 19.8 Å². The maximum absolute atomic E-state index is 11.1. The minimum absolute atomic E-state index is 0.176. The maximum Gasteiger partial charge on any atom is 0.333 e. The van der Waals surface area contributed by atoms with Crippen LogP contribution >= 0.6 is 0 Å². The molecule has 0 aromatic rings. The summed E-state index contributed by atoms with van der Waals surface area (Å²) in [6.45, 7) is 6.65. The average Bonchev–Trinajstić information content (AvgIpc) is 2.41. The Balaban J connectivity index is 2.19. The molecule has 0 bridgehead atoms. The van der Waals surface area contributed by atoms with Gasteiger partial charge in [-0.2, -0.15) is 0 Å². The maximum atomic E-state index is 11.1. The summed E-state index contributed by atoms with van der Waals surface area (Å²) >= 11 is 0. The van der Waals surface area contributed by atoms with Gasteiger partial charge in [-0.1, -0.05) is 13.5 Å². The zero-order valence-electron chi connectivity index (χ0n) is 7.38. The summed E-state index contributed by atoms with van der Waals surface area (Å²) in [6, 6.07) is 0. The number of cyclic esters (lactones) is 1. The molecule has 1 heterocycles. The van der Waals surface area contributed by atoms with Gasteiger partial charge in [-0.05, 0) is 24.7 Å². The molecule has 1 saturated carbocycles. The van der Waals surface area contributed by atoms with Crippen LogP contribution in [0.15, 0.2) is 12.2 Å². The van der Waals surface area contributed by atoms with Crippen molar-refractivity contribution in [3.05, 3.63) is 12.2 Å². The van der Waals surface area contributed by atoms with Gasteiger partial charge in [0.05, 0.1) is 6.61 Å². The molecule has 2 aliphatic rings. The fourth-order valence-electron chi connectivity index (χ4n) is 2.40. The average molecular weight is 166 g/mol. The smallest absolute Gasteiger partial charge is 0.333 e. The van der Waals surface area contributed by atoms with Crippen LogP contribution in [-0.4, -0.2) is 12.6 Å². The molecule has 2 fully saturated rings. The molecule has 1 saturated heterocycles. The van der Waals surface area contributed by atoms with Crippen molar-refractivity contribution in [1.82, 2.24) is 0 Å². The Morgan fingerprint density at radius 1 is 1.50 bits per heavy atom. The highest BCUT2D eigenvalue weighted by Crippen LogP contribution is 2.43. The summed E-state index contributed by atoms with van der Waals surface area (Å²) in [5.74, 6) is 1.49. The van der Waals surface area contributed by atoms with E-state index in [0.29, 0.717) is 29.9 Å². The summed E-state index contributed by atoms with van der Waals surface area (Å²) in [7, 11) is 0. The second-order valence-corrected chi connectivity index (χ2v) is 3.95. The highest BCUT2D eigenvalue weighted by atomic mass is 16.5. The van der Waals surface area contributed by atoms with E-state index in [2.05, 4.69) is 13.5 Å². The van der Waals surface area contributed by atoms with Crippen LogP contribution in [-0.2, 0) is 9.53 Å². The topological polar surface area (TPSA) is 26.3 Å². The van der Waals surface area contributed by atoms with Gasteiger partial charge in [0.25, 0.3) is 0 Å². The van der Waals surface area contributed by atoms with Gasteiger partial charge >= 0.3 is 5.97 Å². The van der Waals surface area contributed by atoms with E-state index in [0.717, 1.165) is 6.42 Å². The van der Waals surface area contributed by atoms with E-state index in [1.165, 1.54) is 6.42 Å². The van der Waals surface area contributed by atoms with E-state index in [9.17, 15) is 4.79 Å². The first-order chi connectivity index (χ1) is 5.70. The van der Waals surface area contributed by atoms with Gasteiger partial charge in [0.15, 0.2) is 0 Å². The molecule has 2 heteroatoms. The van der Waals surface area contributed by atoms with Crippen molar-refractivity contribution in [2.75, 3.05) is 6.61 Å². The zero-order chi connectivity index (χ0) is 8.72. The van der Waals surface area contributed by atoms with Gasteiger partial charge in [0.1, 0.15) is 0 Å². The molecule has 2 nitrogen and oxygen atoms in total. The molecule has 12 heavy (non-hydrogen) atoms. The lowest BCUT2D eigenvalue weighted by Gasteiger charge is -2.28. The van der Waals surface area contributed by atoms with Crippen molar-refractivity contribution in [3.8, 4) is 0 Å². The number of carbonyl (C=O) groups is 1. The van der Waals surface area contributed by atoms with Crippen LogP contribution in [0.5, 0.6) is 0 Å². The summed E-state index contributed by atoms with van der Waals surface area (Å²) in [5, 5.41) is 0. The van der Waals surface area contributed by atoms with Crippen molar-refractivity contribution in [3.63, 3.8) is 0 Å². The summed E-state index contributed by atoms with van der Waals surface area (Å²) in [4.78, 5) is 11.1. The Bertz CT molecular complexity index is 232.